The molecular weight excluding hydrogens is 384 g/mol. The summed E-state index contributed by atoms with van der Waals surface area (Å²) < 4.78 is 28.4. The summed E-state index contributed by atoms with van der Waals surface area (Å²) in [4.78, 5) is 7.07. The highest BCUT2D eigenvalue weighted by Gasteiger charge is 2.24. The summed E-state index contributed by atoms with van der Waals surface area (Å²) in [5.41, 5.74) is 2.29. The van der Waals surface area contributed by atoms with Crippen molar-refractivity contribution in [1.29, 1.82) is 0 Å². The number of piperazine rings is 1. The van der Waals surface area contributed by atoms with Gasteiger partial charge in [-0.25, -0.2) is 17.4 Å². The quantitative estimate of drug-likeness (QED) is 0.566. The fourth-order valence-corrected chi connectivity index (χ4v) is 5.63. The minimum absolute atomic E-state index is 0.288. The Balaban J connectivity index is 1.67. The van der Waals surface area contributed by atoms with E-state index in [0.717, 1.165) is 30.7 Å². The average molecular weight is 407 g/mol. The summed E-state index contributed by atoms with van der Waals surface area (Å²) in [6, 6.07) is 19.0. The van der Waals surface area contributed by atoms with Crippen LogP contribution in [-0.4, -0.2) is 43.1 Å². The highest BCUT2D eigenvalue weighted by atomic mass is 32.2. The number of hydrogen-bond donors (Lipinski definition) is 1. The molecule has 3 aromatic carbocycles. The summed E-state index contributed by atoms with van der Waals surface area (Å²) in [6.07, 6.45) is 1.43. The van der Waals surface area contributed by atoms with Gasteiger partial charge in [0, 0.05) is 31.1 Å². The van der Waals surface area contributed by atoms with Gasteiger partial charge in [-0.05, 0) is 30.5 Å². The number of anilines is 1. The molecule has 6 nitrogen and oxygen atoms in total. The van der Waals surface area contributed by atoms with E-state index in [1.807, 2.05) is 48.5 Å². The molecule has 0 radical (unpaired) electrons. The van der Waals surface area contributed by atoms with Gasteiger partial charge in [0.2, 0.25) is 0 Å². The van der Waals surface area contributed by atoms with Gasteiger partial charge < -0.3 is 10.2 Å². The monoisotopic (exact) mass is 406 g/mol. The Bertz CT molecular complexity index is 1310. The number of para-hydroxylation sites is 1. The lowest BCUT2D eigenvalue weighted by molar-refractivity contribution is 0.485. The van der Waals surface area contributed by atoms with Crippen LogP contribution in [0.4, 0.5) is 5.69 Å². The smallest absolute Gasteiger partial charge is 0.270 e. The lowest BCUT2D eigenvalue weighted by atomic mass is 10.1. The Hall–Kier alpha value is -2.90. The summed E-state index contributed by atoms with van der Waals surface area (Å²) in [5.74, 6) is 0. The van der Waals surface area contributed by atoms with Crippen LogP contribution in [0, 0.1) is 0 Å². The van der Waals surface area contributed by atoms with Crippen molar-refractivity contribution in [2.75, 3.05) is 24.5 Å². The Morgan fingerprint density at radius 1 is 1.03 bits per heavy atom. The number of benzene rings is 3. The van der Waals surface area contributed by atoms with Crippen molar-refractivity contribution in [2.45, 2.75) is 17.9 Å². The predicted molar refractivity (Wildman–Crippen MR) is 116 cm³/mol. The van der Waals surface area contributed by atoms with E-state index in [4.69, 9.17) is 0 Å². The first-order valence-corrected chi connectivity index (χ1v) is 11.2. The fraction of sp³-hybridized carbons (Fsp3) is 0.227. The first-order chi connectivity index (χ1) is 14.1. The van der Waals surface area contributed by atoms with E-state index in [1.165, 1.54) is 10.3 Å². The average Bonchev–Trinajstić information content (AvgIpc) is 3.18. The molecule has 0 spiro atoms. The van der Waals surface area contributed by atoms with Crippen LogP contribution in [0.2, 0.25) is 0 Å². The molecule has 0 amide bonds. The van der Waals surface area contributed by atoms with Gasteiger partial charge in [-0.2, -0.15) is 0 Å². The third-order valence-electron chi connectivity index (χ3n) is 5.52. The Morgan fingerprint density at radius 2 is 1.83 bits per heavy atom. The van der Waals surface area contributed by atoms with Gasteiger partial charge in [0.05, 0.1) is 16.1 Å². The van der Waals surface area contributed by atoms with Crippen LogP contribution in [-0.2, 0) is 10.0 Å². The molecule has 1 aliphatic rings. The van der Waals surface area contributed by atoms with Crippen molar-refractivity contribution in [1.82, 2.24) is 14.3 Å². The van der Waals surface area contributed by atoms with Gasteiger partial charge in [-0.1, -0.05) is 42.5 Å². The topological polar surface area (TPSA) is 67.2 Å². The van der Waals surface area contributed by atoms with Crippen LogP contribution in [0.1, 0.15) is 6.92 Å². The zero-order chi connectivity index (χ0) is 20.0. The maximum atomic E-state index is 13.6. The molecule has 0 saturated carbocycles. The largest absolute Gasteiger partial charge is 0.367 e. The summed E-state index contributed by atoms with van der Waals surface area (Å²) >= 11 is 0. The first kappa shape index (κ1) is 18.1. The number of hydrogen-bond acceptors (Lipinski definition) is 5. The van der Waals surface area contributed by atoms with E-state index in [1.54, 1.807) is 12.1 Å². The van der Waals surface area contributed by atoms with Crippen LogP contribution >= 0.6 is 0 Å². The number of rotatable bonds is 3. The van der Waals surface area contributed by atoms with Crippen molar-refractivity contribution >= 4 is 37.5 Å². The number of fused-ring (bicyclic) bond motifs is 2. The molecule has 1 aliphatic heterocycles. The SMILES string of the molecule is C[C@H]1CN(c2cccc3c2ncn3S(=O)(=O)c2cccc3ccccc23)CCN1. The summed E-state index contributed by atoms with van der Waals surface area (Å²) in [7, 11) is -3.78. The van der Waals surface area contributed by atoms with Crippen LogP contribution in [0.25, 0.3) is 21.8 Å². The lowest BCUT2D eigenvalue weighted by Gasteiger charge is -2.33. The zero-order valence-corrected chi connectivity index (χ0v) is 16.9. The summed E-state index contributed by atoms with van der Waals surface area (Å²) in [6.45, 7) is 4.77. The van der Waals surface area contributed by atoms with E-state index in [-0.39, 0.29) is 4.90 Å². The van der Waals surface area contributed by atoms with Crippen LogP contribution in [0.3, 0.4) is 0 Å². The van der Waals surface area contributed by atoms with Gasteiger partial charge in [0.15, 0.2) is 0 Å². The first-order valence-electron chi connectivity index (χ1n) is 9.73. The molecule has 7 heteroatoms. The van der Waals surface area contributed by atoms with Gasteiger partial charge in [-0.3, -0.25) is 0 Å². The number of nitrogens with zero attached hydrogens (tertiary/aromatic N) is 3. The third-order valence-corrected chi connectivity index (χ3v) is 7.24. The normalized spacial score (nSPS) is 17.8. The van der Waals surface area contributed by atoms with E-state index in [9.17, 15) is 8.42 Å². The van der Waals surface area contributed by atoms with E-state index >= 15 is 0 Å². The van der Waals surface area contributed by atoms with Gasteiger partial charge in [0.1, 0.15) is 11.8 Å². The second kappa shape index (κ2) is 6.86. The van der Waals surface area contributed by atoms with Crippen molar-refractivity contribution in [3.05, 3.63) is 67.0 Å². The molecule has 4 aromatic rings. The molecule has 148 valence electrons. The molecular formula is C22H22N4O2S. The maximum absolute atomic E-state index is 13.6. The van der Waals surface area contributed by atoms with E-state index in [2.05, 4.69) is 22.1 Å². The summed E-state index contributed by atoms with van der Waals surface area (Å²) in [5, 5.41) is 5.04. The lowest BCUT2D eigenvalue weighted by Crippen LogP contribution is -2.49. The fourth-order valence-electron chi connectivity index (χ4n) is 4.13. The number of imidazole rings is 1. The molecule has 1 N–H and O–H groups in total. The van der Waals surface area contributed by atoms with Crippen LogP contribution in [0.5, 0.6) is 0 Å². The zero-order valence-electron chi connectivity index (χ0n) is 16.1. The predicted octanol–water partition coefficient (Wildman–Crippen LogP) is 3.22. The van der Waals surface area contributed by atoms with Gasteiger partial charge >= 0.3 is 0 Å². The molecule has 29 heavy (non-hydrogen) atoms. The minimum Gasteiger partial charge on any atom is -0.367 e. The van der Waals surface area contributed by atoms with Gasteiger partial charge in [0.25, 0.3) is 10.0 Å². The van der Waals surface area contributed by atoms with Crippen molar-refractivity contribution in [3.63, 3.8) is 0 Å². The van der Waals surface area contributed by atoms with Crippen molar-refractivity contribution in [3.8, 4) is 0 Å². The van der Waals surface area contributed by atoms with Crippen molar-refractivity contribution in [2.24, 2.45) is 0 Å². The van der Waals surface area contributed by atoms with E-state index in [0.29, 0.717) is 22.5 Å². The second-order valence-corrected chi connectivity index (χ2v) is 9.25. The molecule has 1 atom stereocenters. The Kier molecular flexibility index (Phi) is 4.29. The molecule has 0 aliphatic carbocycles. The standard InChI is InChI=1S/C22H22N4O2S/c1-16-14-25(13-12-23-16)19-9-5-10-20-22(19)24-15-26(20)29(27,28)21-11-4-7-17-6-2-3-8-18(17)21/h2-11,15-16,23H,12-14H2,1H3/t16-/m0/s1. The van der Waals surface area contributed by atoms with Gasteiger partial charge in [-0.15, -0.1) is 0 Å². The Labute approximate surface area is 169 Å². The van der Waals surface area contributed by atoms with Crippen molar-refractivity contribution < 1.29 is 8.42 Å². The van der Waals surface area contributed by atoms with Crippen LogP contribution < -0.4 is 10.2 Å². The molecule has 1 saturated heterocycles. The second-order valence-electron chi connectivity index (χ2n) is 7.47. The molecule has 0 bridgehead atoms. The van der Waals surface area contributed by atoms with Crippen LogP contribution in [0.15, 0.2) is 71.9 Å². The molecule has 1 fully saturated rings. The maximum Gasteiger partial charge on any atom is 0.270 e. The van der Waals surface area contributed by atoms with E-state index < -0.39 is 10.0 Å². The molecule has 2 heterocycles. The third kappa shape index (κ3) is 2.97. The number of aromatic nitrogens is 2. The number of nitrogens with one attached hydrogen (secondary N) is 1. The highest BCUT2D eigenvalue weighted by Crippen LogP contribution is 2.31. The molecule has 1 aromatic heterocycles. The minimum atomic E-state index is -3.78. The molecule has 5 rings (SSSR count). The highest BCUT2D eigenvalue weighted by molar-refractivity contribution is 7.90. The Morgan fingerprint density at radius 3 is 2.69 bits per heavy atom. The molecule has 0 unspecified atom stereocenters.